The summed E-state index contributed by atoms with van der Waals surface area (Å²) in [5, 5.41) is 1.48. The van der Waals surface area contributed by atoms with Crippen molar-refractivity contribution in [2.75, 3.05) is 24.2 Å². The molecule has 2 saturated heterocycles. The van der Waals surface area contributed by atoms with Gasteiger partial charge in [-0.05, 0) is 60.2 Å². The lowest BCUT2D eigenvalue weighted by molar-refractivity contribution is -0.126. The van der Waals surface area contributed by atoms with Gasteiger partial charge in [-0.1, -0.05) is 23.7 Å². The molecule has 3 aromatic carbocycles. The van der Waals surface area contributed by atoms with Crippen LogP contribution in [0.5, 0.6) is 11.5 Å². The highest BCUT2D eigenvalue weighted by atomic mass is 35.5. The lowest BCUT2D eigenvalue weighted by Crippen LogP contribution is -2.37. The molecule has 2 aliphatic rings. The van der Waals surface area contributed by atoms with Crippen LogP contribution in [0.25, 0.3) is 0 Å². The van der Waals surface area contributed by atoms with Crippen LogP contribution in [0, 0.1) is 11.7 Å². The molecule has 0 radical (unpaired) electrons. The Morgan fingerprint density at radius 1 is 0.853 bits per heavy atom. The number of halogens is 2. The highest BCUT2D eigenvalue weighted by Gasteiger charge is 2.60. The van der Waals surface area contributed by atoms with Gasteiger partial charge < -0.3 is 9.47 Å². The lowest BCUT2D eigenvalue weighted by atomic mass is 9.90. The van der Waals surface area contributed by atoms with E-state index in [0.717, 1.165) is 16.5 Å². The zero-order valence-electron chi connectivity index (χ0n) is 18.3. The Kier molecular flexibility index (Phi) is 5.63. The molecule has 0 N–H and O–H groups in total. The zero-order valence-corrected chi connectivity index (χ0v) is 19.0. The summed E-state index contributed by atoms with van der Waals surface area (Å²) in [7, 11) is 3.13. The summed E-state index contributed by atoms with van der Waals surface area (Å²) in [5.74, 6) is -1.29. The number of carbonyl (C=O) groups excluding carboxylic acids is 2. The number of anilines is 2. The molecule has 7 nitrogen and oxygen atoms in total. The minimum absolute atomic E-state index is 0.0962. The van der Waals surface area contributed by atoms with Gasteiger partial charge in [0.1, 0.15) is 23.2 Å². The first-order chi connectivity index (χ1) is 16.4. The summed E-state index contributed by atoms with van der Waals surface area (Å²) in [6, 6.07) is 17.5. The van der Waals surface area contributed by atoms with Crippen LogP contribution in [-0.4, -0.2) is 32.1 Å². The number of rotatable bonds is 5. The van der Waals surface area contributed by atoms with Crippen molar-refractivity contribution in [2.24, 2.45) is 5.92 Å². The Balaban J connectivity index is 1.56. The Labute approximate surface area is 200 Å². The second-order valence-corrected chi connectivity index (χ2v) is 8.31. The number of hydroxylamine groups is 1. The van der Waals surface area contributed by atoms with E-state index in [4.69, 9.17) is 25.9 Å². The number of carbonyl (C=O) groups is 2. The van der Waals surface area contributed by atoms with Crippen molar-refractivity contribution < 1.29 is 28.3 Å². The molecule has 0 aliphatic carbocycles. The van der Waals surface area contributed by atoms with Gasteiger partial charge in [0, 0.05) is 0 Å². The van der Waals surface area contributed by atoms with E-state index in [9.17, 15) is 14.0 Å². The van der Waals surface area contributed by atoms with Gasteiger partial charge >= 0.3 is 0 Å². The molecule has 9 heteroatoms. The molecule has 0 aromatic heterocycles. The van der Waals surface area contributed by atoms with Crippen molar-refractivity contribution in [1.82, 2.24) is 0 Å². The first kappa shape index (κ1) is 22.2. The number of imide groups is 1. The predicted molar refractivity (Wildman–Crippen MR) is 123 cm³/mol. The molecule has 2 aliphatic heterocycles. The smallest absolute Gasteiger partial charge is 0.266 e. The second-order valence-electron chi connectivity index (χ2n) is 7.90. The van der Waals surface area contributed by atoms with Gasteiger partial charge in [0.2, 0.25) is 5.91 Å². The molecule has 174 valence electrons. The predicted octanol–water partition coefficient (Wildman–Crippen LogP) is 4.55. The maximum atomic E-state index is 14.1. The van der Waals surface area contributed by atoms with Crippen LogP contribution in [0.1, 0.15) is 11.6 Å². The summed E-state index contributed by atoms with van der Waals surface area (Å²) in [6.45, 7) is 0. The molecule has 0 spiro atoms. The molecule has 0 bridgehead atoms. The standard InChI is InChI=1S/C25H20ClFN2O5/c1-32-17-8-3-14(4-9-17)22-21-23(34-29(22)15-5-10-18(33-2)11-6-15)25(31)28(24(21)30)16-7-12-19(26)20(27)13-16/h3-13,21-23H,1-2H3/t21-,22-,23-/m1/s1. The van der Waals surface area contributed by atoms with Gasteiger partial charge in [0.25, 0.3) is 5.91 Å². The molecule has 3 atom stereocenters. The minimum atomic E-state index is -1.07. The van der Waals surface area contributed by atoms with Crippen LogP contribution in [-0.2, 0) is 14.4 Å². The van der Waals surface area contributed by atoms with Crippen LogP contribution in [0.3, 0.4) is 0 Å². The van der Waals surface area contributed by atoms with Crippen LogP contribution in [0.4, 0.5) is 15.8 Å². The van der Waals surface area contributed by atoms with E-state index in [0.29, 0.717) is 17.2 Å². The molecule has 34 heavy (non-hydrogen) atoms. The summed E-state index contributed by atoms with van der Waals surface area (Å²) < 4.78 is 24.6. The van der Waals surface area contributed by atoms with Gasteiger partial charge in [-0.2, -0.15) is 0 Å². The molecule has 2 fully saturated rings. The van der Waals surface area contributed by atoms with E-state index < -0.39 is 35.7 Å². The summed E-state index contributed by atoms with van der Waals surface area (Å²) >= 11 is 5.78. The molecule has 0 unspecified atom stereocenters. The lowest BCUT2D eigenvalue weighted by Gasteiger charge is -2.29. The second kappa shape index (κ2) is 8.62. The number of fused-ring (bicyclic) bond motifs is 1. The number of ether oxygens (including phenoxy) is 2. The van der Waals surface area contributed by atoms with E-state index in [2.05, 4.69) is 0 Å². The van der Waals surface area contributed by atoms with E-state index in [-0.39, 0.29) is 10.7 Å². The first-order valence-corrected chi connectivity index (χ1v) is 10.9. The Bertz CT molecular complexity index is 1250. The zero-order chi connectivity index (χ0) is 24.0. The summed E-state index contributed by atoms with van der Waals surface area (Å²) in [6.07, 6.45) is -1.07. The number of amides is 2. The van der Waals surface area contributed by atoms with Gasteiger partial charge in [-0.3, -0.25) is 14.4 Å². The number of benzene rings is 3. The first-order valence-electron chi connectivity index (χ1n) is 10.5. The Morgan fingerprint density at radius 3 is 2.03 bits per heavy atom. The van der Waals surface area contributed by atoms with E-state index in [1.807, 2.05) is 12.1 Å². The van der Waals surface area contributed by atoms with Crippen molar-refractivity contribution in [3.05, 3.63) is 83.1 Å². The molecular weight excluding hydrogens is 463 g/mol. The van der Waals surface area contributed by atoms with Crippen LogP contribution in [0.2, 0.25) is 5.02 Å². The van der Waals surface area contributed by atoms with Crippen molar-refractivity contribution >= 4 is 34.8 Å². The van der Waals surface area contributed by atoms with E-state index >= 15 is 0 Å². The van der Waals surface area contributed by atoms with Gasteiger partial charge in [0.05, 0.1) is 36.7 Å². The molecule has 0 saturated carbocycles. The number of methoxy groups -OCH3 is 2. The SMILES string of the molecule is COc1ccc([C@@H]2[C@H]3C(=O)N(c4ccc(Cl)c(F)c4)C(=O)[C@@H]3ON2c2ccc(OC)cc2)cc1. The van der Waals surface area contributed by atoms with E-state index in [1.54, 1.807) is 55.7 Å². The molecule has 5 rings (SSSR count). The van der Waals surface area contributed by atoms with Crippen LogP contribution in [0.15, 0.2) is 66.7 Å². The number of hydrogen-bond acceptors (Lipinski definition) is 6. The maximum Gasteiger partial charge on any atom is 0.266 e. The Morgan fingerprint density at radius 2 is 1.44 bits per heavy atom. The van der Waals surface area contributed by atoms with Gasteiger partial charge in [-0.25, -0.2) is 14.4 Å². The molecular formula is C25H20ClFN2O5. The topological polar surface area (TPSA) is 68.3 Å². The maximum absolute atomic E-state index is 14.1. The average molecular weight is 483 g/mol. The van der Waals surface area contributed by atoms with Crippen molar-refractivity contribution in [2.45, 2.75) is 12.1 Å². The summed E-state index contributed by atoms with van der Waals surface area (Å²) in [4.78, 5) is 33.9. The third-order valence-electron chi connectivity index (χ3n) is 6.06. The monoisotopic (exact) mass is 482 g/mol. The summed E-state index contributed by atoms with van der Waals surface area (Å²) in [5.41, 5.74) is 1.52. The highest BCUT2D eigenvalue weighted by Crippen LogP contribution is 2.48. The highest BCUT2D eigenvalue weighted by molar-refractivity contribution is 6.31. The fraction of sp³-hybridized carbons (Fsp3) is 0.200. The number of nitrogens with zero attached hydrogens (tertiary/aromatic N) is 2. The third-order valence-corrected chi connectivity index (χ3v) is 6.37. The fourth-order valence-corrected chi connectivity index (χ4v) is 4.50. The third kappa shape index (κ3) is 3.55. The van der Waals surface area contributed by atoms with Crippen molar-refractivity contribution in [3.63, 3.8) is 0 Å². The van der Waals surface area contributed by atoms with Crippen molar-refractivity contribution in [3.8, 4) is 11.5 Å². The van der Waals surface area contributed by atoms with Crippen LogP contribution >= 0.6 is 11.6 Å². The quantitative estimate of drug-likeness (QED) is 0.497. The molecule has 2 heterocycles. The fourth-order valence-electron chi connectivity index (χ4n) is 4.39. The normalized spacial score (nSPS) is 21.7. The van der Waals surface area contributed by atoms with Gasteiger partial charge in [-0.15, -0.1) is 0 Å². The average Bonchev–Trinajstić information content (AvgIpc) is 3.37. The number of hydrogen-bond donors (Lipinski definition) is 0. The van der Waals surface area contributed by atoms with Crippen LogP contribution < -0.4 is 19.4 Å². The molecule has 2 amide bonds. The largest absolute Gasteiger partial charge is 0.497 e. The van der Waals surface area contributed by atoms with Crippen molar-refractivity contribution in [1.29, 1.82) is 0 Å². The Hall–Kier alpha value is -3.62. The van der Waals surface area contributed by atoms with E-state index in [1.165, 1.54) is 12.1 Å². The molecule has 3 aromatic rings. The van der Waals surface area contributed by atoms with Gasteiger partial charge in [0.15, 0.2) is 6.10 Å². The minimum Gasteiger partial charge on any atom is -0.497 e.